The fourth-order valence-corrected chi connectivity index (χ4v) is 2.80. The average Bonchev–Trinajstić information content (AvgIpc) is 2.75. The molecule has 102 valence electrons. The van der Waals surface area contributed by atoms with E-state index in [1.165, 1.54) is 0 Å². The maximum absolute atomic E-state index is 5.78. The Morgan fingerprint density at radius 3 is 3.11 bits per heavy atom. The number of thiazole rings is 1. The maximum Gasteiger partial charge on any atom is 0.0897 e. The van der Waals surface area contributed by atoms with Gasteiger partial charge in [0.2, 0.25) is 0 Å². The highest BCUT2D eigenvalue weighted by Crippen LogP contribution is 2.09. The van der Waals surface area contributed by atoms with E-state index in [0.29, 0.717) is 12.1 Å². The molecular weight excluding hydrogens is 246 g/mol. The van der Waals surface area contributed by atoms with Gasteiger partial charge in [-0.2, -0.15) is 0 Å². The van der Waals surface area contributed by atoms with Crippen LogP contribution in [0.25, 0.3) is 0 Å². The molecule has 1 atom stereocenters. The van der Waals surface area contributed by atoms with Crippen LogP contribution in [0.4, 0.5) is 0 Å². The molecule has 1 N–H and O–H groups in total. The van der Waals surface area contributed by atoms with Gasteiger partial charge in [0.15, 0.2) is 0 Å². The van der Waals surface area contributed by atoms with Crippen molar-refractivity contribution in [2.24, 2.45) is 0 Å². The molecule has 1 aliphatic heterocycles. The number of morpholine rings is 1. The number of nitrogens with one attached hydrogen (secondary N) is 1. The molecule has 2 heterocycles. The Bertz CT molecular complexity index is 367. The molecule has 1 aromatic rings. The van der Waals surface area contributed by atoms with E-state index in [4.69, 9.17) is 4.74 Å². The second kappa shape index (κ2) is 6.61. The lowest BCUT2D eigenvalue weighted by atomic mass is 10.2. The lowest BCUT2D eigenvalue weighted by Crippen LogP contribution is -2.48. The molecular formula is C13H23N3OS. The van der Waals surface area contributed by atoms with Crippen LogP contribution in [0.1, 0.15) is 24.5 Å². The summed E-state index contributed by atoms with van der Waals surface area (Å²) in [6.45, 7) is 11.2. The van der Waals surface area contributed by atoms with Crippen molar-refractivity contribution in [3.63, 3.8) is 0 Å². The van der Waals surface area contributed by atoms with Gasteiger partial charge in [-0.25, -0.2) is 4.98 Å². The molecule has 0 amide bonds. The van der Waals surface area contributed by atoms with E-state index in [9.17, 15) is 0 Å². The summed E-state index contributed by atoms with van der Waals surface area (Å²) in [7, 11) is 0. The fourth-order valence-electron chi connectivity index (χ4n) is 2.19. The first kappa shape index (κ1) is 13.9. The highest BCUT2D eigenvalue weighted by Gasteiger charge is 2.21. The molecule has 18 heavy (non-hydrogen) atoms. The van der Waals surface area contributed by atoms with Crippen molar-refractivity contribution in [3.05, 3.63) is 16.1 Å². The number of aromatic nitrogens is 1. The smallest absolute Gasteiger partial charge is 0.0897 e. The monoisotopic (exact) mass is 269 g/mol. The largest absolute Gasteiger partial charge is 0.374 e. The van der Waals surface area contributed by atoms with Crippen LogP contribution in [0.15, 0.2) is 5.38 Å². The Hall–Kier alpha value is -0.490. The molecule has 0 aliphatic carbocycles. The van der Waals surface area contributed by atoms with Crippen LogP contribution in [0.2, 0.25) is 0 Å². The standard InChI is InChI=1S/C13H23N3OS/c1-10(2)16-4-5-17-13(8-16)7-14-6-12-9-18-11(3)15-12/h9-10,13-14H,4-8H2,1-3H3. The molecule has 1 aliphatic rings. The molecule has 1 unspecified atom stereocenters. The van der Waals surface area contributed by atoms with Crippen molar-refractivity contribution in [2.45, 2.75) is 39.5 Å². The van der Waals surface area contributed by atoms with Crippen molar-refractivity contribution in [1.82, 2.24) is 15.2 Å². The maximum atomic E-state index is 5.78. The third kappa shape index (κ3) is 4.02. The van der Waals surface area contributed by atoms with Crippen LogP contribution < -0.4 is 5.32 Å². The quantitative estimate of drug-likeness (QED) is 0.882. The van der Waals surface area contributed by atoms with E-state index in [1.54, 1.807) is 11.3 Å². The fraction of sp³-hybridized carbons (Fsp3) is 0.769. The van der Waals surface area contributed by atoms with Gasteiger partial charge in [-0.15, -0.1) is 11.3 Å². The van der Waals surface area contributed by atoms with E-state index in [-0.39, 0.29) is 0 Å². The van der Waals surface area contributed by atoms with E-state index in [2.05, 4.69) is 34.4 Å². The molecule has 5 heteroatoms. The van der Waals surface area contributed by atoms with Crippen LogP contribution in [0.3, 0.4) is 0 Å². The Kier molecular flexibility index (Phi) is 5.12. The van der Waals surface area contributed by atoms with Crippen LogP contribution in [0.5, 0.6) is 0 Å². The van der Waals surface area contributed by atoms with Gasteiger partial charge in [0.25, 0.3) is 0 Å². The zero-order valence-electron chi connectivity index (χ0n) is 11.5. The van der Waals surface area contributed by atoms with Crippen LogP contribution >= 0.6 is 11.3 Å². The molecule has 1 aromatic heterocycles. The van der Waals surface area contributed by atoms with Crippen molar-refractivity contribution >= 4 is 11.3 Å². The summed E-state index contributed by atoms with van der Waals surface area (Å²) >= 11 is 1.70. The van der Waals surface area contributed by atoms with Gasteiger partial charge < -0.3 is 10.1 Å². The first-order valence-electron chi connectivity index (χ1n) is 6.62. The van der Waals surface area contributed by atoms with E-state index in [0.717, 1.165) is 43.5 Å². The molecule has 0 saturated carbocycles. The van der Waals surface area contributed by atoms with Crippen molar-refractivity contribution in [3.8, 4) is 0 Å². The molecule has 1 fully saturated rings. The van der Waals surface area contributed by atoms with Crippen LogP contribution in [-0.2, 0) is 11.3 Å². The van der Waals surface area contributed by atoms with Gasteiger partial charge in [-0.05, 0) is 20.8 Å². The third-order valence-corrected chi connectivity index (χ3v) is 4.07. The normalized spacial score (nSPS) is 21.7. The second-order valence-electron chi connectivity index (χ2n) is 5.07. The number of aryl methyl sites for hydroxylation is 1. The molecule has 1 saturated heterocycles. The average molecular weight is 269 g/mol. The number of rotatable bonds is 5. The molecule has 4 nitrogen and oxygen atoms in total. The number of hydrogen-bond acceptors (Lipinski definition) is 5. The zero-order valence-corrected chi connectivity index (χ0v) is 12.3. The third-order valence-electron chi connectivity index (χ3n) is 3.25. The predicted octanol–water partition coefficient (Wildman–Crippen LogP) is 1.65. The zero-order chi connectivity index (χ0) is 13.0. The minimum absolute atomic E-state index is 0.306. The summed E-state index contributed by atoms with van der Waals surface area (Å²) in [5.74, 6) is 0. The number of ether oxygens (including phenoxy) is 1. The summed E-state index contributed by atoms with van der Waals surface area (Å²) in [5, 5.41) is 6.68. The summed E-state index contributed by atoms with van der Waals surface area (Å²) in [5.41, 5.74) is 1.13. The topological polar surface area (TPSA) is 37.4 Å². The minimum atomic E-state index is 0.306. The van der Waals surface area contributed by atoms with Gasteiger partial charge >= 0.3 is 0 Å². The van der Waals surface area contributed by atoms with Gasteiger partial charge in [0.05, 0.1) is 23.4 Å². The Labute approximate surface area is 113 Å². The van der Waals surface area contributed by atoms with Gasteiger partial charge in [-0.1, -0.05) is 0 Å². The van der Waals surface area contributed by atoms with Gasteiger partial charge in [0.1, 0.15) is 0 Å². The molecule has 0 spiro atoms. The Balaban J connectivity index is 1.70. The molecule has 2 rings (SSSR count). The summed E-state index contributed by atoms with van der Waals surface area (Å²) < 4.78 is 5.78. The van der Waals surface area contributed by atoms with E-state index < -0.39 is 0 Å². The molecule has 0 bridgehead atoms. The first-order valence-corrected chi connectivity index (χ1v) is 7.50. The SMILES string of the molecule is Cc1nc(CNCC2CN(C(C)C)CCO2)cs1. The van der Waals surface area contributed by atoms with Gasteiger partial charge in [-0.3, -0.25) is 4.90 Å². The number of hydrogen-bond donors (Lipinski definition) is 1. The molecule has 0 aromatic carbocycles. The summed E-state index contributed by atoms with van der Waals surface area (Å²) in [6, 6.07) is 0.609. The lowest BCUT2D eigenvalue weighted by molar-refractivity contribution is -0.0372. The predicted molar refractivity (Wildman–Crippen MR) is 75.0 cm³/mol. The molecule has 0 radical (unpaired) electrons. The van der Waals surface area contributed by atoms with Gasteiger partial charge in [0, 0.05) is 37.6 Å². The van der Waals surface area contributed by atoms with Crippen molar-refractivity contribution < 1.29 is 4.74 Å². The second-order valence-corrected chi connectivity index (χ2v) is 6.13. The summed E-state index contributed by atoms with van der Waals surface area (Å²) in [6.07, 6.45) is 0.306. The van der Waals surface area contributed by atoms with Crippen molar-refractivity contribution in [2.75, 3.05) is 26.2 Å². The highest BCUT2D eigenvalue weighted by atomic mass is 32.1. The van der Waals surface area contributed by atoms with E-state index >= 15 is 0 Å². The lowest BCUT2D eigenvalue weighted by Gasteiger charge is -2.35. The van der Waals surface area contributed by atoms with Crippen molar-refractivity contribution in [1.29, 1.82) is 0 Å². The highest BCUT2D eigenvalue weighted by molar-refractivity contribution is 7.09. The first-order chi connectivity index (χ1) is 8.65. The Morgan fingerprint density at radius 2 is 2.44 bits per heavy atom. The van der Waals surface area contributed by atoms with E-state index in [1.807, 2.05) is 6.92 Å². The Morgan fingerprint density at radius 1 is 1.61 bits per heavy atom. The van der Waals surface area contributed by atoms with Crippen LogP contribution in [-0.4, -0.2) is 48.3 Å². The van der Waals surface area contributed by atoms with Crippen LogP contribution in [0, 0.1) is 6.92 Å². The number of nitrogens with zero attached hydrogens (tertiary/aromatic N) is 2. The minimum Gasteiger partial charge on any atom is -0.374 e. The summed E-state index contributed by atoms with van der Waals surface area (Å²) in [4.78, 5) is 6.92.